The minimum atomic E-state index is -3.27. The summed E-state index contributed by atoms with van der Waals surface area (Å²) < 4.78 is 22.7. The number of nitriles is 1. The number of nitrogens with one attached hydrogen (secondary N) is 2. The van der Waals surface area contributed by atoms with Crippen LogP contribution in [-0.4, -0.2) is 20.7 Å². The van der Waals surface area contributed by atoms with Crippen LogP contribution in [0, 0.1) is 18.3 Å². The highest BCUT2D eigenvalue weighted by Crippen LogP contribution is 2.16. The highest BCUT2D eigenvalue weighted by molar-refractivity contribution is 7.90. The molecule has 0 heterocycles. The molecule has 7 heteroatoms. The minimum Gasteiger partial charge on any atom is -0.308 e. The highest BCUT2D eigenvalue weighted by atomic mass is 32.2. The molecule has 0 aromatic heterocycles. The second-order valence-electron chi connectivity index (χ2n) is 5.02. The monoisotopic (exact) mass is 329 g/mol. The number of benzene rings is 2. The SMILES string of the molecule is Cc1ccc(NC(=O)Nc2ccc(S(C)(=O)=O)cc2)cc1C#N. The molecule has 0 saturated heterocycles. The molecule has 0 radical (unpaired) electrons. The Morgan fingerprint density at radius 1 is 1.04 bits per heavy atom. The molecular weight excluding hydrogens is 314 g/mol. The van der Waals surface area contributed by atoms with Crippen LogP contribution >= 0.6 is 0 Å². The van der Waals surface area contributed by atoms with Gasteiger partial charge in [0.15, 0.2) is 9.84 Å². The first kappa shape index (κ1) is 16.5. The van der Waals surface area contributed by atoms with Gasteiger partial charge in [0, 0.05) is 17.6 Å². The lowest BCUT2D eigenvalue weighted by Crippen LogP contribution is -2.19. The summed E-state index contributed by atoms with van der Waals surface area (Å²) in [5.74, 6) is 0. The molecule has 6 nitrogen and oxygen atoms in total. The number of urea groups is 1. The van der Waals surface area contributed by atoms with Crippen molar-refractivity contribution in [3.8, 4) is 6.07 Å². The van der Waals surface area contributed by atoms with Crippen LogP contribution in [0.1, 0.15) is 11.1 Å². The molecule has 0 spiro atoms. The highest BCUT2D eigenvalue weighted by Gasteiger charge is 2.08. The van der Waals surface area contributed by atoms with E-state index in [1.54, 1.807) is 18.2 Å². The Hall–Kier alpha value is -2.85. The fourth-order valence-electron chi connectivity index (χ4n) is 1.90. The van der Waals surface area contributed by atoms with E-state index in [1.807, 2.05) is 6.92 Å². The van der Waals surface area contributed by atoms with Crippen molar-refractivity contribution < 1.29 is 13.2 Å². The van der Waals surface area contributed by atoms with Crippen molar-refractivity contribution in [2.75, 3.05) is 16.9 Å². The van der Waals surface area contributed by atoms with E-state index in [0.717, 1.165) is 11.8 Å². The Morgan fingerprint density at radius 3 is 2.17 bits per heavy atom. The molecule has 0 aliphatic heterocycles. The first-order valence-electron chi connectivity index (χ1n) is 6.68. The van der Waals surface area contributed by atoms with Gasteiger partial charge in [-0.2, -0.15) is 5.26 Å². The Bertz CT molecular complexity index is 882. The molecule has 2 N–H and O–H groups in total. The van der Waals surface area contributed by atoms with Gasteiger partial charge >= 0.3 is 6.03 Å². The molecule has 0 atom stereocenters. The summed E-state index contributed by atoms with van der Waals surface area (Å²) in [6, 6.07) is 12.4. The number of hydrogen-bond donors (Lipinski definition) is 2. The summed E-state index contributed by atoms with van der Waals surface area (Å²) in [5, 5.41) is 14.2. The molecule has 0 aliphatic carbocycles. The van der Waals surface area contributed by atoms with E-state index in [9.17, 15) is 13.2 Å². The van der Waals surface area contributed by atoms with Crippen molar-refractivity contribution in [3.05, 3.63) is 53.6 Å². The van der Waals surface area contributed by atoms with Crippen molar-refractivity contribution in [2.24, 2.45) is 0 Å². The van der Waals surface area contributed by atoms with Crippen molar-refractivity contribution in [3.63, 3.8) is 0 Å². The smallest absolute Gasteiger partial charge is 0.308 e. The molecule has 2 rings (SSSR count). The number of carbonyl (C=O) groups is 1. The average molecular weight is 329 g/mol. The first-order valence-corrected chi connectivity index (χ1v) is 8.57. The molecule has 2 amide bonds. The molecule has 0 bridgehead atoms. The van der Waals surface area contributed by atoms with Crippen LogP contribution in [0.4, 0.5) is 16.2 Å². The van der Waals surface area contributed by atoms with Gasteiger partial charge in [0.1, 0.15) is 0 Å². The van der Waals surface area contributed by atoms with Gasteiger partial charge in [-0.25, -0.2) is 13.2 Å². The van der Waals surface area contributed by atoms with Crippen LogP contribution in [0.5, 0.6) is 0 Å². The molecule has 2 aromatic carbocycles. The van der Waals surface area contributed by atoms with Crippen LogP contribution in [0.3, 0.4) is 0 Å². The number of amides is 2. The number of aryl methyl sites for hydroxylation is 1. The second-order valence-corrected chi connectivity index (χ2v) is 7.03. The van der Waals surface area contributed by atoms with Crippen LogP contribution in [0.25, 0.3) is 0 Å². The third kappa shape index (κ3) is 4.31. The van der Waals surface area contributed by atoms with Gasteiger partial charge in [0.2, 0.25) is 0 Å². The van der Waals surface area contributed by atoms with E-state index in [0.29, 0.717) is 16.9 Å². The summed E-state index contributed by atoms with van der Waals surface area (Å²) in [4.78, 5) is 12.1. The van der Waals surface area contributed by atoms with E-state index >= 15 is 0 Å². The summed E-state index contributed by atoms with van der Waals surface area (Å²) in [6.45, 7) is 1.81. The predicted octanol–water partition coefficient (Wildman–Crippen LogP) is 2.91. The van der Waals surface area contributed by atoms with Gasteiger partial charge in [-0.05, 0) is 48.9 Å². The number of hydrogen-bond acceptors (Lipinski definition) is 4. The van der Waals surface area contributed by atoms with E-state index < -0.39 is 15.9 Å². The molecule has 0 unspecified atom stereocenters. The van der Waals surface area contributed by atoms with Gasteiger partial charge in [-0.1, -0.05) is 6.07 Å². The van der Waals surface area contributed by atoms with Gasteiger partial charge < -0.3 is 10.6 Å². The molecule has 118 valence electrons. The Balaban J connectivity index is 2.07. The minimum absolute atomic E-state index is 0.181. The summed E-state index contributed by atoms with van der Waals surface area (Å²) in [7, 11) is -3.27. The van der Waals surface area contributed by atoms with Crippen molar-refractivity contribution in [1.29, 1.82) is 5.26 Å². The zero-order valence-corrected chi connectivity index (χ0v) is 13.4. The fourth-order valence-corrected chi connectivity index (χ4v) is 2.53. The van der Waals surface area contributed by atoms with E-state index in [1.165, 1.54) is 24.3 Å². The Morgan fingerprint density at radius 2 is 1.61 bits per heavy atom. The topological polar surface area (TPSA) is 99.1 Å². The van der Waals surface area contributed by atoms with E-state index in [2.05, 4.69) is 16.7 Å². The summed E-state index contributed by atoms with van der Waals surface area (Å²) in [6.07, 6.45) is 1.12. The van der Waals surface area contributed by atoms with Crippen molar-refractivity contribution in [1.82, 2.24) is 0 Å². The molecular formula is C16H15N3O3S. The predicted molar refractivity (Wildman–Crippen MR) is 88.1 cm³/mol. The lowest BCUT2D eigenvalue weighted by Gasteiger charge is -2.09. The van der Waals surface area contributed by atoms with Gasteiger partial charge in [-0.15, -0.1) is 0 Å². The zero-order valence-electron chi connectivity index (χ0n) is 12.6. The quantitative estimate of drug-likeness (QED) is 0.904. The second kappa shape index (κ2) is 6.50. The molecule has 0 saturated carbocycles. The standard InChI is InChI=1S/C16H15N3O3S/c1-11-3-4-14(9-12(11)10-17)19-16(20)18-13-5-7-15(8-6-13)23(2,21)22/h3-9H,1-2H3,(H2,18,19,20). The Labute approximate surface area is 134 Å². The van der Waals surface area contributed by atoms with Gasteiger partial charge in [0.25, 0.3) is 0 Å². The van der Waals surface area contributed by atoms with Crippen LogP contribution in [0.15, 0.2) is 47.4 Å². The van der Waals surface area contributed by atoms with E-state index in [4.69, 9.17) is 5.26 Å². The zero-order chi connectivity index (χ0) is 17.0. The maximum atomic E-state index is 11.9. The lowest BCUT2D eigenvalue weighted by atomic mass is 10.1. The fraction of sp³-hybridized carbons (Fsp3) is 0.125. The first-order chi connectivity index (χ1) is 10.8. The summed E-state index contributed by atoms with van der Waals surface area (Å²) >= 11 is 0. The van der Waals surface area contributed by atoms with Gasteiger partial charge in [0.05, 0.1) is 16.5 Å². The third-order valence-electron chi connectivity index (χ3n) is 3.16. The normalized spacial score (nSPS) is 10.7. The van der Waals surface area contributed by atoms with Crippen molar-refractivity contribution in [2.45, 2.75) is 11.8 Å². The number of rotatable bonds is 3. The number of sulfone groups is 1. The van der Waals surface area contributed by atoms with Crippen molar-refractivity contribution >= 4 is 27.2 Å². The third-order valence-corrected chi connectivity index (χ3v) is 4.28. The van der Waals surface area contributed by atoms with Crippen LogP contribution < -0.4 is 10.6 Å². The van der Waals surface area contributed by atoms with Gasteiger partial charge in [-0.3, -0.25) is 0 Å². The largest absolute Gasteiger partial charge is 0.323 e. The number of carbonyl (C=O) groups excluding carboxylic acids is 1. The summed E-state index contributed by atoms with van der Waals surface area (Å²) in [5.41, 5.74) is 2.27. The van der Waals surface area contributed by atoms with E-state index in [-0.39, 0.29) is 4.90 Å². The number of nitrogens with zero attached hydrogens (tertiary/aromatic N) is 1. The Kier molecular flexibility index (Phi) is 4.67. The maximum Gasteiger partial charge on any atom is 0.323 e. The molecule has 0 fully saturated rings. The van der Waals surface area contributed by atoms with Crippen LogP contribution in [-0.2, 0) is 9.84 Å². The lowest BCUT2D eigenvalue weighted by molar-refractivity contribution is 0.262. The molecule has 23 heavy (non-hydrogen) atoms. The number of anilines is 2. The van der Waals surface area contributed by atoms with Crippen LogP contribution in [0.2, 0.25) is 0 Å². The average Bonchev–Trinajstić information content (AvgIpc) is 2.48. The molecule has 2 aromatic rings. The molecule has 0 aliphatic rings. The maximum absolute atomic E-state index is 11.9.